The third-order valence-corrected chi connectivity index (χ3v) is 6.48. The Balaban J connectivity index is 1.52. The van der Waals surface area contributed by atoms with E-state index in [4.69, 9.17) is 0 Å². The summed E-state index contributed by atoms with van der Waals surface area (Å²) in [5.41, 5.74) is 3.40. The number of aliphatic hydroxyl groups excluding tert-OH is 1. The molecular formula is C25H31N3O2. The summed E-state index contributed by atoms with van der Waals surface area (Å²) in [5, 5.41) is 10.1. The summed E-state index contributed by atoms with van der Waals surface area (Å²) in [6.07, 6.45) is 10.1. The predicted octanol–water partition coefficient (Wildman–Crippen LogP) is 3.11. The molecule has 1 amide bonds. The van der Waals surface area contributed by atoms with E-state index in [0.717, 1.165) is 38.0 Å². The highest BCUT2D eigenvalue weighted by Gasteiger charge is 2.49. The summed E-state index contributed by atoms with van der Waals surface area (Å²) >= 11 is 0. The molecule has 2 aliphatic heterocycles. The van der Waals surface area contributed by atoms with Gasteiger partial charge in [-0.3, -0.25) is 14.7 Å². The summed E-state index contributed by atoms with van der Waals surface area (Å²) < 4.78 is 0. The van der Waals surface area contributed by atoms with Crippen molar-refractivity contribution in [2.45, 2.75) is 44.2 Å². The highest BCUT2D eigenvalue weighted by molar-refractivity contribution is 5.78. The number of allylic oxidation sites excluding steroid dienone is 1. The van der Waals surface area contributed by atoms with Crippen LogP contribution >= 0.6 is 0 Å². The number of carbonyl (C=O) groups excluding carboxylic acids is 1. The van der Waals surface area contributed by atoms with Gasteiger partial charge in [0.05, 0.1) is 13.0 Å². The van der Waals surface area contributed by atoms with Crippen molar-refractivity contribution in [3.05, 3.63) is 71.6 Å². The van der Waals surface area contributed by atoms with Gasteiger partial charge in [0.15, 0.2) is 0 Å². The molecule has 1 aromatic heterocycles. The molecule has 1 N–H and O–H groups in total. The number of pyridine rings is 1. The lowest BCUT2D eigenvalue weighted by Crippen LogP contribution is -2.68. The molecule has 3 atom stereocenters. The summed E-state index contributed by atoms with van der Waals surface area (Å²) in [5.74, 6) is 0.418. The smallest absolute Gasteiger partial charge is 0.227 e. The Hall–Kier alpha value is -2.50. The fraction of sp³-hybridized carbons (Fsp3) is 0.440. The van der Waals surface area contributed by atoms with Gasteiger partial charge >= 0.3 is 0 Å². The molecule has 2 saturated heterocycles. The SMILES string of the molecule is C/C=C/c1ccc([C@H]2[C@@H](CO)N3CCCCN(C(=O)Cc4cccnc4)C[C@H]23)cc1. The van der Waals surface area contributed by atoms with Gasteiger partial charge in [-0.1, -0.05) is 42.5 Å². The quantitative estimate of drug-likeness (QED) is 0.831. The van der Waals surface area contributed by atoms with Gasteiger partial charge in [0.2, 0.25) is 5.91 Å². The molecule has 2 aromatic rings. The van der Waals surface area contributed by atoms with E-state index < -0.39 is 0 Å². The van der Waals surface area contributed by atoms with Crippen LogP contribution in [0.2, 0.25) is 0 Å². The minimum atomic E-state index is 0.135. The molecule has 30 heavy (non-hydrogen) atoms. The number of nitrogens with zero attached hydrogens (tertiary/aromatic N) is 3. The third kappa shape index (κ3) is 4.32. The lowest BCUT2D eigenvalue weighted by Gasteiger charge is -2.57. The number of fused-ring (bicyclic) bond motifs is 1. The maximum absolute atomic E-state index is 13.0. The fourth-order valence-corrected chi connectivity index (χ4v) is 4.98. The van der Waals surface area contributed by atoms with E-state index in [2.05, 4.69) is 40.2 Å². The number of aliphatic hydroxyl groups is 1. The minimum Gasteiger partial charge on any atom is -0.395 e. The molecule has 5 nitrogen and oxygen atoms in total. The maximum Gasteiger partial charge on any atom is 0.227 e. The van der Waals surface area contributed by atoms with E-state index >= 15 is 0 Å². The monoisotopic (exact) mass is 405 g/mol. The largest absolute Gasteiger partial charge is 0.395 e. The molecule has 0 saturated carbocycles. The third-order valence-electron chi connectivity index (χ3n) is 6.48. The van der Waals surface area contributed by atoms with Crippen molar-refractivity contribution in [3.63, 3.8) is 0 Å². The second-order valence-electron chi connectivity index (χ2n) is 8.33. The van der Waals surface area contributed by atoms with Gasteiger partial charge in [0, 0.05) is 43.5 Å². The zero-order valence-corrected chi connectivity index (χ0v) is 17.7. The first-order chi connectivity index (χ1) is 14.7. The number of benzene rings is 1. The van der Waals surface area contributed by atoms with Crippen molar-refractivity contribution in [2.24, 2.45) is 0 Å². The molecule has 0 bridgehead atoms. The molecule has 1 aromatic carbocycles. The van der Waals surface area contributed by atoms with Gasteiger partial charge < -0.3 is 10.0 Å². The van der Waals surface area contributed by atoms with Crippen molar-refractivity contribution in [2.75, 3.05) is 26.2 Å². The van der Waals surface area contributed by atoms with E-state index in [1.165, 1.54) is 11.1 Å². The number of aromatic nitrogens is 1. The zero-order valence-electron chi connectivity index (χ0n) is 17.7. The Morgan fingerprint density at radius 3 is 2.70 bits per heavy atom. The molecule has 0 radical (unpaired) electrons. The first kappa shape index (κ1) is 20.8. The Bertz CT molecular complexity index is 866. The van der Waals surface area contributed by atoms with Crippen molar-refractivity contribution in [1.29, 1.82) is 0 Å². The average molecular weight is 406 g/mol. The molecular weight excluding hydrogens is 374 g/mol. The Kier molecular flexibility index (Phi) is 6.60. The van der Waals surface area contributed by atoms with Crippen LogP contribution in [0.4, 0.5) is 0 Å². The Morgan fingerprint density at radius 2 is 2.00 bits per heavy atom. The Labute approximate surface area is 179 Å². The van der Waals surface area contributed by atoms with Crippen LogP contribution in [0.1, 0.15) is 42.4 Å². The summed E-state index contributed by atoms with van der Waals surface area (Å²) in [4.78, 5) is 21.6. The standard InChI is InChI=1S/C25H31N3O2/c1-2-6-19-8-10-21(11-9-19)25-22-17-27(13-3-4-14-28(22)23(25)18-29)24(30)15-20-7-5-12-26-16-20/h2,5-12,16,22-23,25,29H,3-4,13-15,17-18H2,1H3/b6-2+/t22-,23-,25-/m1/s1. The van der Waals surface area contributed by atoms with Crippen LogP contribution in [0.15, 0.2) is 54.9 Å². The minimum absolute atomic E-state index is 0.135. The van der Waals surface area contributed by atoms with E-state index in [1.807, 2.05) is 30.0 Å². The van der Waals surface area contributed by atoms with E-state index in [-0.39, 0.29) is 30.5 Å². The summed E-state index contributed by atoms with van der Waals surface area (Å²) in [6, 6.07) is 12.9. The van der Waals surface area contributed by atoms with Gasteiger partial charge in [0.25, 0.3) is 0 Å². The molecule has 0 unspecified atom stereocenters. The first-order valence-corrected chi connectivity index (χ1v) is 11.0. The van der Waals surface area contributed by atoms with E-state index in [1.54, 1.807) is 12.4 Å². The maximum atomic E-state index is 13.0. The zero-order chi connectivity index (χ0) is 20.9. The number of rotatable bonds is 5. The van der Waals surface area contributed by atoms with Crippen LogP contribution in [-0.4, -0.2) is 64.1 Å². The molecule has 3 heterocycles. The topological polar surface area (TPSA) is 56.7 Å². The highest BCUT2D eigenvalue weighted by Crippen LogP contribution is 2.42. The molecule has 5 heteroatoms. The van der Waals surface area contributed by atoms with Gasteiger partial charge in [-0.05, 0) is 49.1 Å². The number of hydrogen-bond donors (Lipinski definition) is 1. The van der Waals surface area contributed by atoms with Crippen LogP contribution in [0.25, 0.3) is 6.08 Å². The predicted molar refractivity (Wildman–Crippen MR) is 119 cm³/mol. The summed E-state index contributed by atoms with van der Waals surface area (Å²) in [6.45, 7) is 4.69. The molecule has 2 aliphatic rings. The van der Waals surface area contributed by atoms with Crippen molar-refractivity contribution >= 4 is 12.0 Å². The lowest BCUT2D eigenvalue weighted by molar-refractivity contribution is -0.135. The van der Waals surface area contributed by atoms with Crippen LogP contribution < -0.4 is 0 Å². The molecule has 0 aliphatic carbocycles. The van der Waals surface area contributed by atoms with Gasteiger partial charge in [-0.15, -0.1) is 0 Å². The van der Waals surface area contributed by atoms with Gasteiger partial charge in [-0.2, -0.15) is 0 Å². The normalized spacial score (nSPS) is 24.7. The van der Waals surface area contributed by atoms with E-state index in [9.17, 15) is 9.90 Å². The first-order valence-electron chi connectivity index (χ1n) is 11.0. The van der Waals surface area contributed by atoms with Crippen molar-refractivity contribution in [3.8, 4) is 0 Å². The second-order valence-corrected chi connectivity index (χ2v) is 8.33. The highest BCUT2D eigenvalue weighted by atomic mass is 16.3. The van der Waals surface area contributed by atoms with Crippen LogP contribution in [0, 0.1) is 0 Å². The fourth-order valence-electron chi connectivity index (χ4n) is 4.98. The van der Waals surface area contributed by atoms with Crippen molar-refractivity contribution in [1.82, 2.24) is 14.8 Å². The average Bonchev–Trinajstić information content (AvgIpc) is 2.74. The second kappa shape index (κ2) is 9.54. The summed E-state index contributed by atoms with van der Waals surface area (Å²) in [7, 11) is 0. The van der Waals surface area contributed by atoms with E-state index in [0.29, 0.717) is 6.42 Å². The van der Waals surface area contributed by atoms with Gasteiger partial charge in [0.1, 0.15) is 0 Å². The number of amides is 1. The number of hydrogen-bond acceptors (Lipinski definition) is 4. The molecule has 158 valence electrons. The number of carbonyl (C=O) groups is 1. The van der Waals surface area contributed by atoms with Crippen LogP contribution in [0.5, 0.6) is 0 Å². The lowest BCUT2D eigenvalue weighted by atomic mass is 9.74. The van der Waals surface area contributed by atoms with Crippen LogP contribution in [-0.2, 0) is 11.2 Å². The molecule has 0 spiro atoms. The van der Waals surface area contributed by atoms with Crippen molar-refractivity contribution < 1.29 is 9.90 Å². The van der Waals surface area contributed by atoms with Crippen LogP contribution in [0.3, 0.4) is 0 Å². The van der Waals surface area contributed by atoms with Gasteiger partial charge in [-0.25, -0.2) is 0 Å². The molecule has 2 fully saturated rings. The molecule has 4 rings (SSSR count). The Morgan fingerprint density at radius 1 is 1.20 bits per heavy atom.